The van der Waals surface area contributed by atoms with Crippen LogP contribution in [0.2, 0.25) is 0 Å². The van der Waals surface area contributed by atoms with Gasteiger partial charge in [0.2, 0.25) is 5.91 Å². The number of hydrogen-bond donors (Lipinski definition) is 0. The zero-order valence-corrected chi connectivity index (χ0v) is 24.6. The number of amides is 1. The van der Waals surface area contributed by atoms with Crippen LogP contribution < -0.4 is 9.64 Å². The molecule has 216 valence electrons. The van der Waals surface area contributed by atoms with E-state index in [0.717, 1.165) is 56.6 Å². The van der Waals surface area contributed by atoms with E-state index in [0.29, 0.717) is 38.3 Å². The molecule has 4 aliphatic rings. The van der Waals surface area contributed by atoms with Crippen molar-refractivity contribution in [3.05, 3.63) is 58.8 Å². The Kier molecular flexibility index (Phi) is 7.74. The highest BCUT2D eigenvalue weighted by atomic mass is 16.5. The molecule has 1 aromatic carbocycles. The van der Waals surface area contributed by atoms with Crippen LogP contribution >= 0.6 is 0 Å². The van der Waals surface area contributed by atoms with Gasteiger partial charge in [-0.15, -0.1) is 0 Å². The van der Waals surface area contributed by atoms with Crippen molar-refractivity contribution in [1.82, 2.24) is 19.8 Å². The molecule has 8 nitrogen and oxygen atoms in total. The van der Waals surface area contributed by atoms with Gasteiger partial charge in [0.25, 0.3) is 0 Å². The van der Waals surface area contributed by atoms with Gasteiger partial charge in [0.05, 0.1) is 24.2 Å². The topological polar surface area (TPSA) is 85.6 Å². The van der Waals surface area contributed by atoms with Crippen molar-refractivity contribution < 1.29 is 9.53 Å². The van der Waals surface area contributed by atoms with E-state index >= 15 is 0 Å². The lowest BCUT2D eigenvalue weighted by Gasteiger charge is -2.44. The first-order chi connectivity index (χ1) is 19.9. The number of benzene rings is 1. The molecule has 2 fully saturated rings. The van der Waals surface area contributed by atoms with Crippen LogP contribution in [0.4, 0.5) is 5.82 Å². The van der Waals surface area contributed by atoms with Crippen molar-refractivity contribution in [2.75, 3.05) is 44.7 Å². The van der Waals surface area contributed by atoms with Crippen molar-refractivity contribution in [2.24, 2.45) is 5.41 Å². The number of anilines is 1. The Hall–Kier alpha value is -3.44. The number of nitrogens with zero attached hydrogens (tertiary/aromatic N) is 6. The predicted octanol–water partition coefficient (Wildman–Crippen LogP) is 4.04. The maximum Gasteiger partial charge on any atom is 0.318 e. The fourth-order valence-electron chi connectivity index (χ4n) is 7.69. The lowest BCUT2D eigenvalue weighted by atomic mass is 9.63. The quantitative estimate of drug-likeness (QED) is 0.498. The molecule has 2 saturated heterocycles. The zero-order chi connectivity index (χ0) is 28.6. The summed E-state index contributed by atoms with van der Waals surface area (Å²) in [7, 11) is 2.16. The number of carbonyl (C=O) groups is 1. The number of aryl methyl sites for hydroxylation is 1. The largest absolute Gasteiger partial charge is 0.462 e. The predicted molar refractivity (Wildman–Crippen MR) is 159 cm³/mol. The molecule has 0 bridgehead atoms. The minimum absolute atomic E-state index is 0.117. The molecule has 1 amide bonds. The summed E-state index contributed by atoms with van der Waals surface area (Å²) in [6, 6.07) is 9.68. The normalized spacial score (nSPS) is 25.9. The molecule has 0 radical (unpaired) electrons. The summed E-state index contributed by atoms with van der Waals surface area (Å²) in [5.74, 6) is 0.814. The van der Waals surface area contributed by atoms with Gasteiger partial charge in [0, 0.05) is 31.2 Å². The third-order valence-electron chi connectivity index (χ3n) is 10.1. The third kappa shape index (κ3) is 5.44. The van der Waals surface area contributed by atoms with Gasteiger partial charge in [-0.2, -0.15) is 15.2 Å². The Morgan fingerprint density at radius 2 is 2.00 bits per heavy atom. The van der Waals surface area contributed by atoms with Crippen LogP contribution in [-0.2, 0) is 30.5 Å². The van der Waals surface area contributed by atoms with Gasteiger partial charge < -0.3 is 19.4 Å². The van der Waals surface area contributed by atoms with Gasteiger partial charge in [-0.3, -0.25) is 4.79 Å². The third-order valence-corrected chi connectivity index (χ3v) is 10.1. The first-order valence-corrected chi connectivity index (χ1v) is 15.2. The number of ether oxygens (including phenoxy) is 1. The second kappa shape index (κ2) is 11.4. The van der Waals surface area contributed by atoms with E-state index in [1.165, 1.54) is 41.2 Å². The summed E-state index contributed by atoms with van der Waals surface area (Å²) >= 11 is 0. The maximum atomic E-state index is 12.5. The molecule has 2 aromatic rings. The van der Waals surface area contributed by atoms with Gasteiger partial charge in [-0.1, -0.05) is 24.8 Å². The van der Waals surface area contributed by atoms with E-state index < -0.39 is 0 Å². The van der Waals surface area contributed by atoms with E-state index in [9.17, 15) is 10.1 Å². The van der Waals surface area contributed by atoms with Gasteiger partial charge in [0.1, 0.15) is 12.4 Å². The molecule has 1 aromatic heterocycles. The van der Waals surface area contributed by atoms with Crippen molar-refractivity contribution in [3.63, 3.8) is 0 Å². The number of nitriles is 1. The number of likely N-dealkylation sites (N-methyl/N-ethyl adjacent to an activating group) is 1. The number of carbonyl (C=O) groups excluding carboxylic acids is 1. The second-order valence-corrected chi connectivity index (χ2v) is 12.6. The fourth-order valence-corrected chi connectivity index (χ4v) is 7.69. The molecule has 2 aliphatic heterocycles. The Morgan fingerprint density at radius 3 is 2.76 bits per heavy atom. The van der Waals surface area contributed by atoms with Crippen LogP contribution in [0.25, 0.3) is 0 Å². The van der Waals surface area contributed by atoms with Gasteiger partial charge >= 0.3 is 6.01 Å². The molecule has 2 aliphatic carbocycles. The van der Waals surface area contributed by atoms with Crippen molar-refractivity contribution in [1.29, 1.82) is 5.26 Å². The van der Waals surface area contributed by atoms with E-state index in [2.05, 4.69) is 54.6 Å². The fraction of sp³-hybridized carbons (Fsp3) is 0.576. The van der Waals surface area contributed by atoms with Crippen molar-refractivity contribution >= 4 is 11.7 Å². The zero-order valence-electron chi connectivity index (χ0n) is 24.6. The number of rotatable bonds is 6. The summed E-state index contributed by atoms with van der Waals surface area (Å²) in [5, 5.41) is 9.52. The Bertz CT molecular complexity index is 1370. The number of piperazine rings is 1. The minimum Gasteiger partial charge on any atom is -0.462 e. The number of likely N-dealkylation sites (tertiary alicyclic amines) is 1. The smallest absolute Gasteiger partial charge is 0.318 e. The van der Waals surface area contributed by atoms with Crippen LogP contribution in [-0.4, -0.2) is 77.6 Å². The van der Waals surface area contributed by atoms with Gasteiger partial charge in [0.15, 0.2) is 0 Å². The molecule has 1 spiro atoms. The van der Waals surface area contributed by atoms with Crippen LogP contribution in [0.3, 0.4) is 0 Å². The second-order valence-electron chi connectivity index (χ2n) is 12.6. The summed E-state index contributed by atoms with van der Waals surface area (Å²) < 4.78 is 6.34. The van der Waals surface area contributed by atoms with Gasteiger partial charge in [-0.05, 0) is 100 Å². The standard InChI is InChI=1S/C33H42N6O2/c1-4-30(40)39-18-17-38(21-25(39)12-15-34)31-28-11-14-33(13-10-27-23(2)7-5-8-24(27)19-33)20-29(28)35-32(36-31)41-22-26-9-6-16-37(26)3/h4-5,7-8,25-26H,1,6,9-14,16-22H2,2-3H3. The Balaban J connectivity index is 1.31. The SMILES string of the molecule is C=CC(=O)N1CCN(c2nc(OCC3CCCN3C)nc3c2CCC2(CCc4c(C)cccc4C2)C3)CC1CC#N. The van der Waals surface area contributed by atoms with Crippen molar-refractivity contribution in [3.8, 4) is 12.1 Å². The first kappa shape index (κ1) is 27.7. The molecule has 0 N–H and O–H groups in total. The number of aromatic nitrogens is 2. The number of hydrogen-bond acceptors (Lipinski definition) is 7. The summed E-state index contributed by atoms with van der Waals surface area (Å²) in [6.45, 7) is 9.36. The molecule has 3 unspecified atom stereocenters. The highest BCUT2D eigenvalue weighted by Crippen LogP contribution is 2.47. The summed E-state index contributed by atoms with van der Waals surface area (Å²) in [4.78, 5) is 29.0. The van der Waals surface area contributed by atoms with E-state index in [-0.39, 0.29) is 23.8 Å². The molecule has 0 saturated carbocycles. The van der Waals surface area contributed by atoms with Crippen LogP contribution in [0.15, 0.2) is 30.9 Å². The maximum absolute atomic E-state index is 12.5. The highest BCUT2D eigenvalue weighted by molar-refractivity contribution is 5.87. The molecule has 3 heterocycles. The Labute approximate surface area is 244 Å². The molecule has 3 atom stereocenters. The molecule has 6 rings (SSSR count). The molecule has 41 heavy (non-hydrogen) atoms. The van der Waals surface area contributed by atoms with Crippen LogP contribution in [0.5, 0.6) is 6.01 Å². The summed E-state index contributed by atoms with van der Waals surface area (Å²) in [6.07, 6.45) is 10.3. The van der Waals surface area contributed by atoms with Crippen LogP contribution in [0, 0.1) is 23.7 Å². The monoisotopic (exact) mass is 554 g/mol. The lowest BCUT2D eigenvalue weighted by Crippen LogP contribution is -2.55. The molecular weight excluding hydrogens is 512 g/mol. The average molecular weight is 555 g/mol. The van der Waals surface area contributed by atoms with E-state index in [4.69, 9.17) is 14.7 Å². The number of fused-ring (bicyclic) bond motifs is 2. The Morgan fingerprint density at radius 1 is 1.17 bits per heavy atom. The highest BCUT2D eigenvalue weighted by Gasteiger charge is 2.41. The minimum atomic E-state index is -0.200. The van der Waals surface area contributed by atoms with E-state index in [1.54, 1.807) is 4.90 Å². The first-order valence-electron chi connectivity index (χ1n) is 15.2. The van der Waals surface area contributed by atoms with E-state index in [1.807, 2.05) is 0 Å². The van der Waals surface area contributed by atoms with Gasteiger partial charge in [-0.25, -0.2) is 0 Å². The lowest BCUT2D eigenvalue weighted by molar-refractivity contribution is -0.128. The average Bonchev–Trinajstić information content (AvgIpc) is 3.39. The van der Waals surface area contributed by atoms with Crippen LogP contribution in [0.1, 0.15) is 60.1 Å². The molecular formula is C33H42N6O2. The van der Waals surface area contributed by atoms with Crippen molar-refractivity contribution in [2.45, 2.75) is 76.8 Å². The molecule has 8 heteroatoms. The summed E-state index contributed by atoms with van der Waals surface area (Å²) in [5.41, 5.74) is 6.99.